The van der Waals surface area contributed by atoms with Gasteiger partial charge in [0.25, 0.3) is 11.8 Å². The second-order valence-electron chi connectivity index (χ2n) is 9.90. The van der Waals surface area contributed by atoms with Crippen LogP contribution in [0.5, 0.6) is 0 Å². The van der Waals surface area contributed by atoms with E-state index in [2.05, 4.69) is 0 Å². The lowest BCUT2D eigenvalue weighted by Crippen LogP contribution is -3.00. The van der Waals surface area contributed by atoms with E-state index >= 15 is 0 Å². The number of carbonyl (C=O) groups is 2. The minimum absolute atomic E-state index is 0. The first-order valence-electron chi connectivity index (χ1n) is 13.1. The molecule has 40 heavy (non-hydrogen) atoms. The van der Waals surface area contributed by atoms with E-state index in [-0.39, 0.29) is 61.8 Å². The Balaban J connectivity index is 0.00000280. The molecule has 210 valence electrons. The largest absolute Gasteiger partial charge is 1.00 e. The number of hydrogen-bond acceptors (Lipinski definition) is 2. The molecule has 0 bridgehead atoms. The standard InChI is InChI=1S/C32H36N4O2.2ClH/c1-25(2)35(29-11-7-5-8-12-29)31(37)23-33-19-15-27(16-20-33)28-17-21-34(22-18-28)24-32(38)36(26(3)4)30-13-9-6-10-14-30;;/h5-22,25-26H,23-24H2,1-4H3;2*1H/q+2;;/p-2. The summed E-state index contributed by atoms with van der Waals surface area (Å²) in [6.45, 7) is 8.62. The van der Waals surface area contributed by atoms with Gasteiger partial charge in [-0.2, -0.15) is 9.13 Å². The summed E-state index contributed by atoms with van der Waals surface area (Å²) in [4.78, 5) is 29.8. The summed E-state index contributed by atoms with van der Waals surface area (Å²) in [5.41, 5.74) is 3.90. The number of benzene rings is 2. The van der Waals surface area contributed by atoms with Gasteiger partial charge in [0.05, 0.1) is 0 Å². The quantitative estimate of drug-likeness (QED) is 0.235. The van der Waals surface area contributed by atoms with Crippen molar-refractivity contribution in [2.24, 2.45) is 0 Å². The normalized spacial score (nSPS) is 10.4. The van der Waals surface area contributed by atoms with Gasteiger partial charge in [-0.05, 0) is 63.1 Å². The molecule has 4 rings (SSSR count). The lowest BCUT2D eigenvalue weighted by molar-refractivity contribution is -0.684. The van der Waals surface area contributed by atoms with Crippen molar-refractivity contribution in [3.63, 3.8) is 0 Å². The van der Waals surface area contributed by atoms with Crippen LogP contribution in [0.3, 0.4) is 0 Å². The monoisotopic (exact) mass is 578 g/mol. The molecule has 2 aromatic carbocycles. The van der Waals surface area contributed by atoms with Crippen LogP contribution < -0.4 is 43.7 Å². The zero-order valence-corrected chi connectivity index (χ0v) is 24.8. The summed E-state index contributed by atoms with van der Waals surface area (Å²) in [6.07, 6.45) is 7.73. The molecule has 2 heterocycles. The molecule has 0 aliphatic carbocycles. The van der Waals surface area contributed by atoms with Gasteiger partial charge in [0.15, 0.2) is 24.8 Å². The fraction of sp³-hybridized carbons (Fsp3) is 0.250. The summed E-state index contributed by atoms with van der Waals surface area (Å²) in [7, 11) is 0. The Morgan fingerprint density at radius 2 is 0.850 bits per heavy atom. The molecule has 0 atom stereocenters. The molecule has 6 nitrogen and oxygen atoms in total. The molecule has 2 aromatic heterocycles. The van der Waals surface area contributed by atoms with Crippen molar-refractivity contribution >= 4 is 23.2 Å². The molecule has 0 radical (unpaired) electrons. The van der Waals surface area contributed by atoms with Gasteiger partial charge in [-0.1, -0.05) is 36.4 Å². The van der Waals surface area contributed by atoms with Gasteiger partial charge in [0, 0.05) is 47.7 Å². The van der Waals surface area contributed by atoms with Crippen molar-refractivity contribution in [2.75, 3.05) is 9.80 Å². The second kappa shape index (κ2) is 15.2. The van der Waals surface area contributed by atoms with E-state index in [1.807, 2.05) is 156 Å². The highest BCUT2D eigenvalue weighted by atomic mass is 35.5. The molecule has 8 heteroatoms. The highest BCUT2D eigenvalue weighted by Crippen LogP contribution is 2.19. The van der Waals surface area contributed by atoms with Crippen LogP contribution in [0, 0.1) is 0 Å². The number of pyridine rings is 2. The Bertz CT molecular complexity index is 1240. The van der Waals surface area contributed by atoms with Gasteiger partial charge in [-0.25, -0.2) is 0 Å². The number of aromatic nitrogens is 2. The van der Waals surface area contributed by atoms with Crippen LogP contribution in [0.25, 0.3) is 11.1 Å². The van der Waals surface area contributed by atoms with Crippen LogP contribution in [0.2, 0.25) is 0 Å². The van der Waals surface area contributed by atoms with Crippen LogP contribution >= 0.6 is 0 Å². The number of carbonyl (C=O) groups excluding carboxylic acids is 2. The minimum atomic E-state index is 0. The molecular weight excluding hydrogens is 543 g/mol. The number of nitrogens with zero attached hydrogens (tertiary/aromatic N) is 4. The molecule has 0 aliphatic rings. The zero-order chi connectivity index (χ0) is 27.1. The summed E-state index contributed by atoms with van der Waals surface area (Å²) >= 11 is 0. The molecule has 0 fully saturated rings. The number of amides is 2. The average Bonchev–Trinajstić information content (AvgIpc) is 2.90. The Morgan fingerprint density at radius 3 is 1.12 bits per heavy atom. The van der Waals surface area contributed by atoms with Crippen LogP contribution in [-0.4, -0.2) is 23.9 Å². The van der Waals surface area contributed by atoms with Crippen molar-refractivity contribution in [1.29, 1.82) is 0 Å². The van der Waals surface area contributed by atoms with Crippen molar-refractivity contribution in [3.05, 3.63) is 110 Å². The average molecular weight is 580 g/mol. The third-order valence-electron chi connectivity index (χ3n) is 6.39. The molecule has 0 spiro atoms. The lowest BCUT2D eigenvalue weighted by atomic mass is 10.1. The molecule has 4 aromatic rings. The predicted molar refractivity (Wildman–Crippen MR) is 150 cm³/mol. The van der Waals surface area contributed by atoms with Crippen LogP contribution in [-0.2, 0) is 22.7 Å². The van der Waals surface area contributed by atoms with E-state index in [1.54, 1.807) is 0 Å². The van der Waals surface area contributed by atoms with Gasteiger partial charge in [0.2, 0.25) is 13.1 Å². The van der Waals surface area contributed by atoms with Crippen molar-refractivity contribution in [1.82, 2.24) is 0 Å². The van der Waals surface area contributed by atoms with Gasteiger partial charge in [-0.15, -0.1) is 0 Å². The van der Waals surface area contributed by atoms with E-state index in [0.717, 1.165) is 22.5 Å². The van der Waals surface area contributed by atoms with Gasteiger partial charge >= 0.3 is 0 Å². The maximum absolute atomic E-state index is 13.1. The third kappa shape index (κ3) is 8.13. The van der Waals surface area contributed by atoms with E-state index in [9.17, 15) is 9.59 Å². The Hall–Kier alpha value is -3.74. The topological polar surface area (TPSA) is 48.4 Å². The first kappa shape index (κ1) is 32.5. The second-order valence-corrected chi connectivity index (χ2v) is 9.90. The van der Waals surface area contributed by atoms with E-state index in [4.69, 9.17) is 0 Å². The molecule has 0 aliphatic heterocycles. The zero-order valence-electron chi connectivity index (χ0n) is 23.3. The van der Waals surface area contributed by atoms with Crippen LogP contribution in [0.1, 0.15) is 27.7 Å². The fourth-order valence-corrected chi connectivity index (χ4v) is 4.61. The van der Waals surface area contributed by atoms with E-state index in [1.165, 1.54) is 0 Å². The SMILES string of the molecule is CC(C)N(C(=O)C[n+]1ccc(-c2cc[n+](CC(=O)N(c3ccccc3)C(C)C)cc2)cc1)c1ccccc1.[Cl-].[Cl-]. The summed E-state index contributed by atoms with van der Waals surface area (Å²) in [5.74, 6) is 0.0839. The molecule has 0 unspecified atom stereocenters. The molecular formula is C32H36Cl2N4O2. The minimum Gasteiger partial charge on any atom is -1.00 e. The number of halogens is 2. The Morgan fingerprint density at radius 1 is 0.550 bits per heavy atom. The Labute approximate surface area is 249 Å². The first-order chi connectivity index (χ1) is 18.3. The maximum atomic E-state index is 13.1. The van der Waals surface area contributed by atoms with Crippen LogP contribution in [0.15, 0.2) is 110 Å². The van der Waals surface area contributed by atoms with Gasteiger partial charge in [0.1, 0.15) is 0 Å². The fourth-order valence-electron chi connectivity index (χ4n) is 4.61. The highest BCUT2D eigenvalue weighted by molar-refractivity contribution is 5.93. The van der Waals surface area contributed by atoms with Crippen LogP contribution in [0.4, 0.5) is 11.4 Å². The van der Waals surface area contributed by atoms with E-state index in [0.29, 0.717) is 0 Å². The third-order valence-corrected chi connectivity index (χ3v) is 6.39. The highest BCUT2D eigenvalue weighted by Gasteiger charge is 2.23. The molecule has 0 N–H and O–H groups in total. The van der Waals surface area contributed by atoms with E-state index < -0.39 is 0 Å². The summed E-state index contributed by atoms with van der Waals surface area (Å²) < 4.78 is 3.80. The smallest absolute Gasteiger partial charge is 0.293 e. The predicted octanol–water partition coefficient (Wildman–Crippen LogP) is -1.18. The maximum Gasteiger partial charge on any atom is 0.293 e. The Kier molecular flexibility index (Phi) is 12.3. The lowest BCUT2D eigenvalue weighted by Gasteiger charge is -2.25. The molecule has 2 amide bonds. The van der Waals surface area contributed by atoms with Crippen molar-refractivity contribution in [3.8, 4) is 11.1 Å². The van der Waals surface area contributed by atoms with Gasteiger partial charge < -0.3 is 34.6 Å². The number of anilines is 2. The van der Waals surface area contributed by atoms with Crippen molar-refractivity contribution in [2.45, 2.75) is 52.9 Å². The first-order valence-corrected chi connectivity index (χ1v) is 13.1. The summed E-state index contributed by atoms with van der Waals surface area (Å²) in [5, 5.41) is 0. The van der Waals surface area contributed by atoms with Crippen molar-refractivity contribution < 1.29 is 43.5 Å². The van der Waals surface area contributed by atoms with Gasteiger partial charge in [-0.3, -0.25) is 9.59 Å². The summed E-state index contributed by atoms with van der Waals surface area (Å²) in [6, 6.07) is 27.7. The number of para-hydroxylation sites is 2. The number of hydrogen-bond donors (Lipinski definition) is 0. The number of rotatable bonds is 9. The molecule has 0 saturated carbocycles. The molecule has 0 saturated heterocycles.